The van der Waals surface area contributed by atoms with Crippen molar-refractivity contribution in [2.24, 2.45) is 0 Å². The van der Waals surface area contributed by atoms with Crippen molar-refractivity contribution in [3.05, 3.63) is 54.7 Å². The Hall–Kier alpha value is -3.02. The number of ether oxygens (including phenoxy) is 2. The Morgan fingerprint density at radius 3 is 2.64 bits per heavy atom. The van der Waals surface area contributed by atoms with E-state index in [1.807, 2.05) is 30.3 Å². The topological polar surface area (TPSA) is 72.5 Å². The molecular formula is C19H23N3O3. The summed E-state index contributed by atoms with van der Waals surface area (Å²) in [5.41, 5.74) is 1.68. The molecule has 0 atom stereocenters. The van der Waals surface area contributed by atoms with Crippen LogP contribution in [-0.2, 0) is 11.2 Å². The van der Waals surface area contributed by atoms with Gasteiger partial charge in [0.2, 0.25) is 5.91 Å². The molecule has 6 nitrogen and oxygen atoms in total. The number of benzene rings is 1. The van der Waals surface area contributed by atoms with Gasteiger partial charge in [0, 0.05) is 13.0 Å². The summed E-state index contributed by atoms with van der Waals surface area (Å²) in [5.74, 6) is 2.01. The second kappa shape index (κ2) is 9.32. The molecule has 0 aliphatic heterocycles. The first-order valence-corrected chi connectivity index (χ1v) is 7.98. The fourth-order valence-electron chi connectivity index (χ4n) is 2.27. The van der Waals surface area contributed by atoms with Gasteiger partial charge >= 0.3 is 0 Å². The largest absolute Gasteiger partial charge is 0.493 e. The molecule has 1 amide bonds. The lowest BCUT2D eigenvalue weighted by Crippen LogP contribution is -2.12. The van der Waals surface area contributed by atoms with Crippen LogP contribution >= 0.6 is 0 Å². The Morgan fingerprint density at radius 1 is 1.20 bits per heavy atom. The van der Waals surface area contributed by atoms with Gasteiger partial charge in [0.15, 0.2) is 11.5 Å². The third-order valence-corrected chi connectivity index (χ3v) is 3.56. The van der Waals surface area contributed by atoms with E-state index in [2.05, 4.69) is 22.2 Å². The summed E-state index contributed by atoms with van der Waals surface area (Å²) in [5, 5.41) is 5.92. The van der Waals surface area contributed by atoms with Crippen LogP contribution in [-0.4, -0.2) is 31.7 Å². The molecule has 0 saturated carbocycles. The van der Waals surface area contributed by atoms with Gasteiger partial charge in [-0.3, -0.25) is 4.79 Å². The summed E-state index contributed by atoms with van der Waals surface area (Å²) in [6, 6.07) is 9.27. The smallest absolute Gasteiger partial charge is 0.224 e. The van der Waals surface area contributed by atoms with Crippen LogP contribution in [0.1, 0.15) is 12.0 Å². The minimum Gasteiger partial charge on any atom is -0.493 e. The number of aryl methyl sites for hydroxylation is 1. The van der Waals surface area contributed by atoms with Crippen LogP contribution in [0, 0.1) is 0 Å². The van der Waals surface area contributed by atoms with Gasteiger partial charge in [0.25, 0.3) is 0 Å². The first-order valence-electron chi connectivity index (χ1n) is 7.98. The highest BCUT2D eigenvalue weighted by Crippen LogP contribution is 2.28. The van der Waals surface area contributed by atoms with Gasteiger partial charge in [-0.15, -0.1) is 6.58 Å². The lowest BCUT2D eigenvalue weighted by molar-refractivity contribution is -0.116. The quantitative estimate of drug-likeness (QED) is 0.685. The number of nitrogens with one attached hydrogen (secondary N) is 2. The Kier molecular flexibility index (Phi) is 6.83. The molecule has 25 heavy (non-hydrogen) atoms. The van der Waals surface area contributed by atoms with E-state index < -0.39 is 0 Å². The van der Waals surface area contributed by atoms with E-state index in [0.717, 1.165) is 11.4 Å². The fourth-order valence-corrected chi connectivity index (χ4v) is 2.27. The Bertz CT molecular complexity index is 714. The van der Waals surface area contributed by atoms with E-state index in [1.54, 1.807) is 26.5 Å². The predicted molar refractivity (Wildman–Crippen MR) is 99.4 cm³/mol. The summed E-state index contributed by atoms with van der Waals surface area (Å²) < 4.78 is 10.5. The monoisotopic (exact) mass is 341 g/mol. The number of aromatic nitrogens is 1. The van der Waals surface area contributed by atoms with Crippen molar-refractivity contribution in [2.75, 3.05) is 31.4 Å². The molecule has 0 bridgehead atoms. The minimum atomic E-state index is -0.0663. The highest BCUT2D eigenvalue weighted by Gasteiger charge is 2.07. The number of amides is 1. The van der Waals surface area contributed by atoms with E-state index in [-0.39, 0.29) is 5.91 Å². The van der Waals surface area contributed by atoms with Crippen LogP contribution in [0.3, 0.4) is 0 Å². The SMILES string of the molecule is C=CCNc1ccc(NC(=O)CCc2ccc(OC)c(OC)c2)cn1. The summed E-state index contributed by atoms with van der Waals surface area (Å²) in [7, 11) is 3.19. The molecule has 1 aromatic heterocycles. The van der Waals surface area contributed by atoms with Gasteiger partial charge < -0.3 is 20.1 Å². The van der Waals surface area contributed by atoms with Crippen LogP contribution in [0.4, 0.5) is 11.5 Å². The van der Waals surface area contributed by atoms with Crippen molar-refractivity contribution < 1.29 is 14.3 Å². The van der Waals surface area contributed by atoms with E-state index in [9.17, 15) is 4.79 Å². The average Bonchev–Trinajstić information content (AvgIpc) is 2.65. The number of nitrogens with zero attached hydrogens (tertiary/aromatic N) is 1. The maximum atomic E-state index is 12.1. The maximum absolute atomic E-state index is 12.1. The molecule has 0 saturated heterocycles. The van der Waals surface area contributed by atoms with Crippen LogP contribution in [0.2, 0.25) is 0 Å². The lowest BCUT2D eigenvalue weighted by atomic mass is 10.1. The van der Waals surface area contributed by atoms with Crippen molar-refractivity contribution in [3.8, 4) is 11.5 Å². The Morgan fingerprint density at radius 2 is 2.00 bits per heavy atom. The molecule has 1 aromatic carbocycles. The number of rotatable bonds is 9. The number of carbonyl (C=O) groups is 1. The molecule has 0 spiro atoms. The molecule has 2 aromatic rings. The molecule has 1 heterocycles. The van der Waals surface area contributed by atoms with Gasteiger partial charge in [-0.05, 0) is 36.2 Å². The van der Waals surface area contributed by atoms with Gasteiger partial charge in [-0.1, -0.05) is 12.1 Å². The summed E-state index contributed by atoms with van der Waals surface area (Å²) in [6.07, 6.45) is 4.36. The second-order valence-corrected chi connectivity index (χ2v) is 5.34. The van der Waals surface area contributed by atoms with Gasteiger partial charge in [0.05, 0.1) is 26.1 Å². The molecule has 6 heteroatoms. The number of anilines is 2. The van der Waals surface area contributed by atoms with E-state index in [0.29, 0.717) is 36.6 Å². The van der Waals surface area contributed by atoms with Crippen molar-refractivity contribution in [1.82, 2.24) is 4.98 Å². The lowest BCUT2D eigenvalue weighted by Gasteiger charge is -2.10. The third kappa shape index (κ3) is 5.53. The maximum Gasteiger partial charge on any atom is 0.224 e. The molecular weight excluding hydrogens is 318 g/mol. The third-order valence-electron chi connectivity index (χ3n) is 3.56. The van der Waals surface area contributed by atoms with E-state index in [4.69, 9.17) is 9.47 Å². The molecule has 0 fully saturated rings. The van der Waals surface area contributed by atoms with Crippen molar-refractivity contribution >= 4 is 17.4 Å². The average molecular weight is 341 g/mol. The zero-order valence-electron chi connectivity index (χ0n) is 14.5. The summed E-state index contributed by atoms with van der Waals surface area (Å²) in [4.78, 5) is 16.3. The van der Waals surface area contributed by atoms with Crippen LogP contribution < -0.4 is 20.1 Å². The van der Waals surface area contributed by atoms with Crippen molar-refractivity contribution in [1.29, 1.82) is 0 Å². The van der Waals surface area contributed by atoms with Gasteiger partial charge in [-0.2, -0.15) is 0 Å². The molecule has 2 N–H and O–H groups in total. The highest BCUT2D eigenvalue weighted by molar-refractivity contribution is 5.90. The standard InChI is InChI=1S/C19H23N3O3/c1-4-11-20-18-9-7-15(13-21-18)22-19(23)10-6-14-5-8-16(24-2)17(12-14)25-3/h4-5,7-9,12-13H,1,6,10-11H2,2-3H3,(H,20,21)(H,22,23). The normalized spacial score (nSPS) is 10.0. The molecule has 0 aliphatic rings. The summed E-state index contributed by atoms with van der Waals surface area (Å²) >= 11 is 0. The van der Waals surface area contributed by atoms with Crippen molar-refractivity contribution in [2.45, 2.75) is 12.8 Å². The van der Waals surface area contributed by atoms with Gasteiger partial charge in [-0.25, -0.2) is 4.98 Å². The number of methoxy groups -OCH3 is 2. The van der Waals surface area contributed by atoms with Crippen LogP contribution in [0.15, 0.2) is 49.2 Å². The predicted octanol–water partition coefficient (Wildman–Crippen LogP) is 3.27. The molecule has 132 valence electrons. The Balaban J connectivity index is 1.87. The van der Waals surface area contributed by atoms with Crippen LogP contribution in [0.25, 0.3) is 0 Å². The van der Waals surface area contributed by atoms with E-state index in [1.165, 1.54) is 0 Å². The first kappa shape index (κ1) is 18.3. The summed E-state index contributed by atoms with van der Waals surface area (Å²) in [6.45, 7) is 4.28. The van der Waals surface area contributed by atoms with Gasteiger partial charge in [0.1, 0.15) is 5.82 Å². The zero-order chi connectivity index (χ0) is 18.1. The highest BCUT2D eigenvalue weighted by atomic mass is 16.5. The first-order chi connectivity index (χ1) is 12.2. The number of pyridine rings is 1. The fraction of sp³-hybridized carbons (Fsp3) is 0.263. The minimum absolute atomic E-state index is 0.0663. The zero-order valence-corrected chi connectivity index (χ0v) is 14.5. The number of hydrogen-bond acceptors (Lipinski definition) is 5. The second-order valence-electron chi connectivity index (χ2n) is 5.34. The molecule has 2 rings (SSSR count). The molecule has 0 unspecified atom stereocenters. The number of hydrogen-bond donors (Lipinski definition) is 2. The number of carbonyl (C=O) groups excluding carboxylic acids is 1. The molecule has 0 aliphatic carbocycles. The molecule has 0 radical (unpaired) electrons. The van der Waals surface area contributed by atoms with Crippen molar-refractivity contribution in [3.63, 3.8) is 0 Å². The Labute approximate surface area is 147 Å². The van der Waals surface area contributed by atoms with Crippen LogP contribution in [0.5, 0.6) is 11.5 Å². The van der Waals surface area contributed by atoms with E-state index >= 15 is 0 Å².